The number of benzene rings is 3. The highest BCUT2D eigenvalue weighted by atomic mass is 16.7. The number of aromatic hydroxyl groups is 2. The predicted octanol–water partition coefficient (Wildman–Crippen LogP) is 0.347. The van der Waals surface area contributed by atoms with Crippen molar-refractivity contribution in [1.29, 1.82) is 0 Å². The number of aliphatic hydroxyl groups is 6. The first kappa shape index (κ1) is 41.6. The van der Waals surface area contributed by atoms with E-state index in [1.807, 2.05) is 0 Å². The smallest absolute Gasteiger partial charge is 0.229 e. The van der Waals surface area contributed by atoms with E-state index in [0.29, 0.717) is 11.3 Å². The van der Waals surface area contributed by atoms with Gasteiger partial charge in [0.2, 0.25) is 12.1 Å². The lowest BCUT2D eigenvalue weighted by Gasteiger charge is -2.43. The number of ketones is 3. The maximum Gasteiger partial charge on any atom is 0.229 e. The van der Waals surface area contributed by atoms with Crippen LogP contribution < -0.4 is 14.8 Å². The van der Waals surface area contributed by atoms with Crippen LogP contribution in [-0.4, -0.2) is 133 Å². The largest absolute Gasteiger partial charge is 0.507 e. The van der Waals surface area contributed by atoms with Gasteiger partial charge in [0, 0.05) is 48.5 Å². The van der Waals surface area contributed by atoms with Crippen molar-refractivity contribution in [2.75, 3.05) is 13.7 Å². The fourth-order valence-electron chi connectivity index (χ4n) is 8.32. The summed E-state index contributed by atoms with van der Waals surface area (Å²) in [5, 5.41) is 89.5. The normalized spacial score (nSPS) is 31.9. The van der Waals surface area contributed by atoms with Crippen molar-refractivity contribution < 1.29 is 78.9 Å². The van der Waals surface area contributed by atoms with Gasteiger partial charge in [0.15, 0.2) is 17.9 Å². The van der Waals surface area contributed by atoms with Crippen LogP contribution in [-0.2, 0) is 32.0 Å². The maximum absolute atomic E-state index is 14.0. The van der Waals surface area contributed by atoms with E-state index in [9.17, 15) is 55.2 Å². The summed E-state index contributed by atoms with van der Waals surface area (Å²) in [6.07, 6.45) is -12.3. The molecule has 0 spiro atoms. The molecule has 11 atom stereocenters. The van der Waals surface area contributed by atoms with E-state index in [2.05, 4.69) is 5.32 Å². The fourth-order valence-corrected chi connectivity index (χ4v) is 8.32. The Morgan fingerprint density at radius 1 is 0.931 bits per heavy atom. The molecule has 2 aliphatic heterocycles. The number of aliphatic hydroxyl groups excluding tert-OH is 5. The highest BCUT2D eigenvalue weighted by Gasteiger charge is 2.50. The molecule has 17 heteroatoms. The van der Waals surface area contributed by atoms with E-state index in [1.165, 1.54) is 32.2 Å². The molecule has 2 saturated heterocycles. The van der Waals surface area contributed by atoms with Gasteiger partial charge in [0.1, 0.15) is 53.0 Å². The molecule has 4 aliphatic rings. The molecular formula is C41H47NO16. The highest BCUT2D eigenvalue weighted by Crippen LogP contribution is 2.52. The first-order valence-electron chi connectivity index (χ1n) is 18.9. The molecule has 312 valence electrons. The summed E-state index contributed by atoms with van der Waals surface area (Å²) in [4.78, 5) is 40.6. The number of carbonyl (C=O) groups is 3. The molecular weight excluding hydrogens is 762 g/mol. The number of ether oxygens (including phenoxy) is 5. The van der Waals surface area contributed by atoms with Crippen LogP contribution in [0.5, 0.6) is 23.0 Å². The molecule has 3 aromatic carbocycles. The fraction of sp³-hybridized carbons (Fsp3) is 0.488. The second kappa shape index (κ2) is 15.9. The number of rotatable bonds is 10. The van der Waals surface area contributed by atoms with Crippen molar-refractivity contribution in [3.8, 4) is 23.0 Å². The third kappa shape index (κ3) is 7.14. The lowest BCUT2D eigenvalue weighted by molar-refractivity contribution is -0.277. The van der Waals surface area contributed by atoms with Crippen molar-refractivity contribution in [3.05, 3.63) is 80.9 Å². The zero-order valence-electron chi connectivity index (χ0n) is 32.1. The van der Waals surface area contributed by atoms with Crippen LogP contribution >= 0.6 is 0 Å². The molecule has 9 N–H and O–H groups in total. The van der Waals surface area contributed by atoms with Gasteiger partial charge in [-0.3, -0.25) is 14.4 Å². The summed E-state index contributed by atoms with van der Waals surface area (Å²) in [5.41, 5.74) is -2.00. The summed E-state index contributed by atoms with van der Waals surface area (Å²) < 4.78 is 29.0. The van der Waals surface area contributed by atoms with Crippen LogP contribution in [0.2, 0.25) is 0 Å². The maximum atomic E-state index is 14.0. The number of Topliss-reactive ketones (excluding diaryl/α,β-unsaturated/α-hetero) is 1. The average molecular weight is 810 g/mol. The van der Waals surface area contributed by atoms with Gasteiger partial charge < -0.3 is 69.9 Å². The molecule has 17 nitrogen and oxygen atoms in total. The second-order valence-corrected chi connectivity index (χ2v) is 15.4. The van der Waals surface area contributed by atoms with E-state index in [0.717, 1.165) is 5.56 Å². The number of hydrogen-bond acceptors (Lipinski definition) is 17. The van der Waals surface area contributed by atoms with Gasteiger partial charge >= 0.3 is 0 Å². The average Bonchev–Trinajstić information content (AvgIpc) is 3.19. The molecule has 58 heavy (non-hydrogen) atoms. The number of methoxy groups -OCH3 is 1. The van der Waals surface area contributed by atoms with Crippen molar-refractivity contribution in [1.82, 2.24) is 5.32 Å². The van der Waals surface area contributed by atoms with Crippen LogP contribution in [0, 0.1) is 6.92 Å². The van der Waals surface area contributed by atoms with Crippen LogP contribution in [0.25, 0.3) is 0 Å². The lowest BCUT2D eigenvalue weighted by atomic mass is 9.72. The number of phenols is 2. The van der Waals surface area contributed by atoms with Crippen molar-refractivity contribution >= 4 is 17.3 Å². The van der Waals surface area contributed by atoms with E-state index in [1.54, 1.807) is 32.0 Å². The minimum absolute atomic E-state index is 0.0345. The number of carbonyl (C=O) groups excluding carboxylic acids is 3. The third-order valence-electron chi connectivity index (χ3n) is 11.7. The van der Waals surface area contributed by atoms with Gasteiger partial charge in [0.05, 0.1) is 48.7 Å². The molecule has 3 aromatic rings. The summed E-state index contributed by atoms with van der Waals surface area (Å²) in [5.74, 6) is -3.12. The van der Waals surface area contributed by atoms with Crippen LogP contribution in [0.1, 0.15) is 86.9 Å². The third-order valence-corrected chi connectivity index (χ3v) is 11.7. The second-order valence-electron chi connectivity index (χ2n) is 15.4. The molecule has 2 aliphatic carbocycles. The Kier molecular flexibility index (Phi) is 11.4. The van der Waals surface area contributed by atoms with Crippen LogP contribution in [0.4, 0.5) is 0 Å². The molecule has 0 aromatic heterocycles. The first-order valence-corrected chi connectivity index (χ1v) is 18.9. The summed E-state index contributed by atoms with van der Waals surface area (Å²) in [6, 6.07) is 8.88. The van der Waals surface area contributed by atoms with E-state index in [-0.39, 0.29) is 41.0 Å². The topological polar surface area (TPSA) is 271 Å². The Morgan fingerprint density at radius 3 is 2.33 bits per heavy atom. The molecule has 4 unspecified atom stereocenters. The molecule has 2 heterocycles. The molecule has 7 rings (SSSR count). The van der Waals surface area contributed by atoms with E-state index in [4.69, 9.17) is 23.7 Å². The number of hydrogen-bond donors (Lipinski definition) is 9. The molecule has 0 radical (unpaired) electrons. The Labute approximate surface area is 332 Å². The summed E-state index contributed by atoms with van der Waals surface area (Å²) >= 11 is 0. The molecule has 0 saturated carbocycles. The van der Waals surface area contributed by atoms with Gasteiger partial charge in [-0.25, -0.2) is 0 Å². The SMILES string of the molecule is COc1cccc2c1C(=O)c1c(O)c3c(c(O)c1C2=O)C[C@@](O)(C(C)=O)C[C@@H]3O[C@H]1C[C@@H](NCc2ccc(O[C@@H]3OC(CO)[C@@H](O)C(O)C3O)c(C)c2)[C@H](O)C(C)O1. The zero-order valence-corrected chi connectivity index (χ0v) is 32.1. The van der Waals surface area contributed by atoms with E-state index < -0.39 is 126 Å². The standard InChI is InChI=1S/C41H47NO16/c1-16-10-19(8-9-23(16)57-40-39(52)38(51)35(48)26(15-43)58-40)14-42-22-11-27(55-17(2)32(22)45)56-25-13-41(53,18(3)44)12-21-29(25)37(50)31-30(34(21)47)33(46)20-6-5-7-24(54-4)28(20)36(31)49/h5-10,17,22,25-27,32,35,38-40,42-43,45,47-48,50-53H,11-15H2,1-4H3/t17?,22-,25+,26?,27+,32-,35-,38?,39?,40-,41+/m1/s1. The van der Waals surface area contributed by atoms with Crippen molar-refractivity contribution in [2.45, 2.75) is 114 Å². The highest BCUT2D eigenvalue weighted by molar-refractivity contribution is 6.31. The summed E-state index contributed by atoms with van der Waals surface area (Å²) in [6.45, 7) is 4.17. The quantitative estimate of drug-likeness (QED) is 0.0978. The van der Waals surface area contributed by atoms with Gasteiger partial charge in [-0.15, -0.1) is 0 Å². The number of nitrogens with one attached hydrogen (secondary N) is 1. The van der Waals surface area contributed by atoms with Crippen LogP contribution in [0.3, 0.4) is 0 Å². The Bertz CT molecular complexity index is 2120. The van der Waals surface area contributed by atoms with Gasteiger partial charge in [0.25, 0.3) is 0 Å². The number of fused-ring (bicyclic) bond motifs is 3. The Morgan fingerprint density at radius 2 is 1.66 bits per heavy atom. The number of aryl methyl sites for hydroxylation is 1. The molecule has 2 fully saturated rings. The van der Waals surface area contributed by atoms with E-state index >= 15 is 0 Å². The van der Waals surface area contributed by atoms with Crippen LogP contribution in [0.15, 0.2) is 36.4 Å². The summed E-state index contributed by atoms with van der Waals surface area (Å²) in [7, 11) is 1.33. The molecule has 0 amide bonds. The monoisotopic (exact) mass is 809 g/mol. The van der Waals surface area contributed by atoms with Gasteiger partial charge in [-0.05, 0) is 44.0 Å². The Hall–Kier alpha value is -4.53. The Balaban J connectivity index is 1.12. The number of phenolic OH excluding ortho intramolecular Hbond substituents is 2. The molecule has 0 bridgehead atoms. The predicted molar refractivity (Wildman–Crippen MR) is 199 cm³/mol. The first-order chi connectivity index (χ1) is 27.5. The van der Waals surface area contributed by atoms with Gasteiger partial charge in [-0.2, -0.15) is 0 Å². The minimum Gasteiger partial charge on any atom is -0.507 e. The van der Waals surface area contributed by atoms with Gasteiger partial charge in [-0.1, -0.05) is 24.3 Å². The van der Waals surface area contributed by atoms with Crippen molar-refractivity contribution in [2.24, 2.45) is 0 Å². The van der Waals surface area contributed by atoms with Crippen molar-refractivity contribution in [3.63, 3.8) is 0 Å². The zero-order chi connectivity index (χ0) is 42.0. The minimum atomic E-state index is -2.09. The lowest BCUT2D eigenvalue weighted by Crippen LogP contribution is -2.60.